The third kappa shape index (κ3) is 2.73. The van der Waals surface area contributed by atoms with Crippen molar-refractivity contribution in [1.82, 2.24) is 9.97 Å². The number of methoxy groups -OCH3 is 1. The van der Waals surface area contributed by atoms with Crippen LogP contribution in [0, 0.1) is 3.57 Å². The normalized spacial score (nSPS) is 12.2. The van der Waals surface area contributed by atoms with Gasteiger partial charge in [-0.1, -0.05) is 12.1 Å². The molecule has 0 saturated heterocycles. The highest BCUT2D eigenvalue weighted by molar-refractivity contribution is 14.1. The molecule has 1 unspecified atom stereocenters. The second-order valence-electron chi connectivity index (χ2n) is 3.41. The Kier molecular flexibility index (Phi) is 3.90. The van der Waals surface area contributed by atoms with E-state index in [1.165, 1.54) is 19.5 Å². The fourth-order valence-corrected chi connectivity index (χ4v) is 2.08. The Morgan fingerprint density at radius 1 is 1.29 bits per heavy atom. The van der Waals surface area contributed by atoms with Crippen molar-refractivity contribution < 1.29 is 9.84 Å². The second-order valence-corrected chi connectivity index (χ2v) is 4.65. The average Bonchev–Trinajstić information content (AvgIpc) is 2.38. The summed E-state index contributed by atoms with van der Waals surface area (Å²) >= 11 is 2.20. The lowest BCUT2D eigenvalue weighted by molar-refractivity contribution is 0.207. The number of aromatic nitrogens is 2. The zero-order valence-electron chi connectivity index (χ0n) is 9.17. The fraction of sp³-hybridized carbons (Fsp3) is 0.167. The number of ether oxygens (including phenoxy) is 1. The van der Waals surface area contributed by atoms with Gasteiger partial charge in [-0.05, 0) is 40.3 Å². The number of aliphatic hydroxyl groups is 1. The van der Waals surface area contributed by atoms with Gasteiger partial charge in [0.25, 0.3) is 0 Å². The summed E-state index contributed by atoms with van der Waals surface area (Å²) in [6.45, 7) is 0. The van der Waals surface area contributed by atoms with Crippen molar-refractivity contribution >= 4 is 22.6 Å². The third-order valence-electron chi connectivity index (χ3n) is 2.31. The molecule has 2 rings (SSSR count). The minimum Gasteiger partial charge on any atom is -0.480 e. The Bertz CT molecular complexity index is 519. The Hall–Kier alpha value is -1.21. The lowest BCUT2D eigenvalue weighted by Crippen LogP contribution is -2.06. The molecule has 0 amide bonds. The van der Waals surface area contributed by atoms with Crippen LogP contribution in [0.15, 0.2) is 36.7 Å². The summed E-state index contributed by atoms with van der Waals surface area (Å²) in [6.07, 6.45) is 2.24. The molecule has 4 nitrogen and oxygen atoms in total. The van der Waals surface area contributed by atoms with Crippen LogP contribution in [0.4, 0.5) is 0 Å². The first-order chi connectivity index (χ1) is 8.22. The van der Waals surface area contributed by atoms with Crippen molar-refractivity contribution in [2.45, 2.75) is 6.10 Å². The molecule has 1 aromatic heterocycles. The van der Waals surface area contributed by atoms with Gasteiger partial charge in [-0.25, -0.2) is 4.98 Å². The van der Waals surface area contributed by atoms with Crippen molar-refractivity contribution in [3.63, 3.8) is 0 Å². The van der Waals surface area contributed by atoms with E-state index in [9.17, 15) is 5.11 Å². The molecule has 0 fully saturated rings. The highest BCUT2D eigenvalue weighted by Crippen LogP contribution is 2.26. The summed E-state index contributed by atoms with van der Waals surface area (Å²) in [6, 6.07) is 7.61. The number of rotatable bonds is 3. The zero-order chi connectivity index (χ0) is 12.3. The maximum atomic E-state index is 10.2. The summed E-state index contributed by atoms with van der Waals surface area (Å²) < 4.78 is 6.14. The lowest BCUT2D eigenvalue weighted by atomic mass is 10.1. The molecule has 17 heavy (non-hydrogen) atoms. The lowest BCUT2D eigenvalue weighted by Gasteiger charge is -2.12. The first-order valence-corrected chi connectivity index (χ1v) is 6.08. The number of hydrogen-bond acceptors (Lipinski definition) is 4. The van der Waals surface area contributed by atoms with Crippen molar-refractivity contribution in [3.05, 3.63) is 51.5 Å². The van der Waals surface area contributed by atoms with Crippen molar-refractivity contribution in [2.24, 2.45) is 0 Å². The fourth-order valence-electron chi connectivity index (χ4n) is 1.52. The SMILES string of the molecule is COc1nccnc1C(O)c1cccc(I)c1. The average molecular weight is 342 g/mol. The molecular weight excluding hydrogens is 331 g/mol. The summed E-state index contributed by atoms with van der Waals surface area (Å²) in [5, 5.41) is 10.2. The molecule has 0 bridgehead atoms. The molecule has 0 saturated carbocycles. The molecule has 0 aliphatic rings. The molecule has 1 N–H and O–H groups in total. The van der Waals surface area contributed by atoms with Gasteiger partial charge in [-0.15, -0.1) is 0 Å². The van der Waals surface area contributed by atoms with Crippen LogP contribution >= 0.6 is 22.6 Å². The maximum absolute atomic E-state index is 10.2. The molecule has 2 aromatic rings. The van der Waals surface area contributed by atoms with Gasteiger partial charge in [0.15, 0.2) is 0 Å². The minimum absolute atomic E-state index is 0.346. The van der Waals surface area contributed by atoms with Crippen LogP contribution in [0.2, 0.25) is 0 Å². The summed E-state index contributed by atoms with van der Waals surface area (Å²) in [4.78, 5) is 8.14. The van der Waals surface area contributed by atoms with Gasteiger partial charge in [-0.3, -0.25) is 4.98 Å². The summed E-state index contributed by atoms with van der Waals surface area (Å²) in [5.41, 5.74) is 1.20. The van der Waals surface area contributed by atoms with Crippen LogP contribution in [0.5, 0.6) is 5.88 Å². The van der Waals surface area contributed by atoms with E-state index in [1.807, 2.05) is 24.3 Å². The van der Waals surface area contributed by atoms with Crippen LogP contribution in [0.25, 0.3) is 0 Å². The van der Waals surface area contributed by atoms with E-state index in [1.54, 1.807) is 0 Å². The van der Waals surface area contributed by atoms with Gasteiger partial charge >= 0.3 is 0 Å². The monoisotopic (exact) mass is 342 g/mol. The molecule has 0 aliphatic heterocycles. The van der Waals surface area contributed by atoms with Crippen LogP contribution in [0.3, 0.4) is 0 Å². The van der Waals surface area contributed by atoms with E-state index < -0.39 is 6.10 Å². The van der Waals surface area contributed by atoms with Crippen LogP contribution < -0.4 is 4.74 Å². The predicted molar refractivity (Wildman–Crippen MR) is 71.8 cm³/mol. The van der Waals surface area contributed by atoms with E-state index in [-0.39, 0.29) is 0 Å². The van der Waals surface area contributed by atoms with Crippen molar-refractivity contribution in [1.29, 1.82) is 0 Å². The number of halogens is 1. The zero-order valence-corrected chi connectivity index (χ0v) is 11.3. The highest BCUT2D eigenvalue weighted by atomic mass is 127. The molecule has 88 valence electrons. The van der Waals surface area contributed by atoms with E-state index in [0.717, 1.165) is 9.13 Å². The van der Waals surface area contributed by atoms with E-state index in [4.69, 9.17) is 4.74 Å². The Morgan fingerprint density at radius 3 is 2.76 bits per heavy atom. The standard InChI is InChI=1S/C12H11IN2O2/c1-17-12-10(14-5-6-15-12)11(16)8-3-2-4-9(13)7-8/h2-7,11,16H,1H3. The molecular formula is C12H11IN2O2. The maximum Gasteiger partial charge on any atom is 0.238 e. The molecule has 1 heterocycles. The van der Waals surface area contributed by atoms with Crippen LogP contribution in [-0.4, -0.2) is 22.2 Å². The molecule has 0 radical (unpaired) electrons. The van der Waals surface area contributed by atoms with Gasteiger partial charge in [0.1, 0.15) is 11.8 Å². The van der Waals surface area contributed by atoms with Gasteiger partial charge in [0.2, 0.25) is 5.88 Å². The summed E-state index contributed by atoms with van der Waals surface area (Å²) in [5.74, 6) is 0.346. The predicted octanol–water partition coefficient (Wildman–Crippen LogP) is 2.17. The quantitative estimate of drug-likeness (QED) is 0.869. The van der Waals surface area contributed by atoms with E-state index in [2.05, 4.69) is 32.6 Å². The first kappa shape index (κ1) is 12.3. The van der Waals surface area contributed by atoms with Crippen molar-refractivity contribution in [2.75, 3.05) is 7.11 Å². The van der Waals surface area contributed by atoms with Crippen LogP contribution in [-0.2, 0) is 0 Å². The highest BCUT2D eigenvalue weighted by Gasteiger charge is 2.17. The van der Waals surface area contributed by atoms with Gasteiger partial charge < -0.3 is 9.84 Å². The Morgan fingerprint density at radius 2 is 2.06 bits per heavy atom. The van der Waals surface area contributed by atoms with E-state index >= 15 is 0 Å². The largest absolute Gasteiger partial charge is 0.480 e. The smallest absolute Gasteiger partial charge is 0.238 e. The van der Waals surface area contributed by atoms with Gasteiger partial charge in [0, 0.05) is 16.0 Å². The Balaban J connectivity index is 2.40. The molecule has 1 aromatic carbocycles. The molecule has 0 spiro atoms. The van der Waals surface area contributed by atoms with Gasteiger partial charge in [0.05, 0.1) is 7.11 Å². The van der Waals surface area contributed by atoms with Crippen molar-refractivity contribution in [3.8, 4) is 5.88 Å². The van der Waals surface area contributed by atoms with E-state index in [0.29, 0.717) is 11.6 Å². The number of nitrogens with zero attached hydrogens (tertiary/aromatic N) is 2. The number of aliphatic hydroxyl groups excluding tert-OH is 1. The topological polar surface area (TPSA) is 55.2 Å². The third-order valence-corrected chi connectivity index (χ3v) is 2.98. The van der Waals surface area contributed by atoms with Crippen LogP contribution in [0.1, 0.15) is 17.4 Å². The minimum atomic E-state index is -0.826. The molecule has 0 aliphatic carbocycles. The Labute approximate surface area is 113 Å². The molecule has 1 atom stereocenters. The molecule has 5 heteroatoms. The second kappa shape index (κ2) is 5.42. The number of hydrogen-bond donors (Lipinski definition) is 1. The first-order valence-electron chi connectivity index (χ1n) is 5.01. The number of benzene rings is 1. The van der Waals surface area contributed by atoms with Gasteiger partial charge in [-0.2, -0.15) is 0 Å². The summed E-state index contributed by atoms with van der Waals surface area (Å²) in [7, 11) is 1.51.